The standard InChI is InChI=1S/C25H22N2O3/c1-16-6-8-18(9-7-16)12-22-24(28)23-17(2)11-21-20(25(23)30-22)14-27(15-29-21)13-19-5-3-4-10-26-19/h3-12H,13-15H2,1-2H3/b22-12-. The molecule has 0 bridgehead atoms. The molecule has 3 heterocycles. The van der Waals surface area contributed by atoms with Gasteiger partial charge >= 0.3 is 0 Å². The van der Waals surface area contributed by atoms with Crippen LogP contribution in [0.2, 0.25) is 0 Å². The lowest BCUT2D eigenvalue weighted by molar-refractivity contribution is 0.0861. The topological polar surface area (TPSA) is 51.7 Å². The minimum Gasteiger partial charge on any atom is -0.478 e. The molecule has 0 saturated carbocycles. The van der Waals surface area contributed by atoms with Gasteiger partial charge in [-0.15, -0.1) is 0 Å². The highest BCUT2D eigenvalue weighted by molar-refractivity contribution is 6.15. The predicted octanol–water partition coefficient (Wildman–Crippen LogP) is 4.67. The van der Waals surface area contributed by atoms with Gasteiger partial charge < -0.3 is 9.47 Å². The van der Waals surface area contributed by atoms with Crippen molar-refractivity contribution in [3.63, 3.8) is 0 Å². The fourth-order valence-electron chi connectivity index (χ4n) is 3.91. The van der Waals surface area contributed by atoms with E-state index in [0.717, 1.165) is 28.1 Å². The summed E-state index contributed by atoms with van der Waals surface area (Å²) in [6.07, 6.45) is 3.60. The highest BCUT2D eigenvalue weighted by atomic mass is 16.5. The molecule has 0 atom stereocenters. The largest absolute Gasteiger partial charge is 0.478 e. The fourth-order valence-corrected chi connectivity index (χ4v) is 3.91. The Morgan fingerprint density at radius 1 is 1.13 bits per heavy atom. The van der Waals surface area contributed by atoms with Crippen molar-refractivity contribution in [3.05, 3.63) is 94.0 Å². The number of Topliss-reactive ketones (excluding diaryl/α,β-unsaturated/α-hetero) is 1. The van der Waals surface area contributed by atoms with E-state index in [1.807, 2.05) is 68.5 Å². The van der Waals surface area contributed by atoms with Gasteiger partial charge in [-0.3, -0.25) is 14.7 Å². The molecule has 0 unspecified atom stereocenters. The Morgan fingerprint density at radius 3 is 2.73 bits per heavy atom. The van der Waals surface area contributed by atoms with Crippen LogP contribution in [-0.4, -0.2) is 22.4 Å². The molecule has 0 amide bonds. The van der Waals surface area contributed by atoms with Crippen LogP contribution in [0.15, 0.2) is 60.5 Å². The van der Waals surface area contributed by atoms with Gasteiger partial charge in [-0.05, 0) is 49.2 Å². The number of ether oxygens (including phenoxy) is 2. The first-order chi connectivity index (χ1) is 14.6. The smallest absolute Gasteiger partial charge is 0.232 e. The molecule has 1 aromatic heterocycles. The van der Waals surface area contributed by atoms with Crippen LogP contribution in [0.4, 0.5) is 0 Å². The Bertz CT molecular complexity index is 1150. The van der Waals surface area contributed by atoms with Crippen molar-refractivity contribution in [1.82, 2.24) is 9.88 Å². The van der Waals surface area contributed by atoms with E-state index < -0.39 is 0 Å². The van der Waals surface area contributed by atoms with E-state index >= 15 is 0 Å². The maximum absolute atomic E-state index is 13.1. The minimum atomic E-state index is -0.0762. The number of rotatable bonds is 3. The van der Waals surface area contributed by atoms with Gasteiger partial charge in [-0.2, -0.15) is 0 Å². The Labute approximate surface area is 175 Å². The van der Waals surface area contributed by atoms with Crippen LogP contribution < -0.4 is 9.47 Å². The normalized spacial score (nSPS) is 16.7. The van der Waals surface area contributed by atoms with Crippen molar-refractivity contribution < 1.29 is 14.3 Å². The summed E-state index contributed by atoms with van der Waals surface area (Å²) in [7, 11) is 0. The van der Waals surface area contributed by atoms with Crippen molar-refractivity contribution >= 4 is 11.9 Å². The molecular weight excluding hydrogens is 376 g/mol. The van der Waals surface area contributed by atoms with E-state index in [9.17, 15) is 4.79 Å². The number of allylic oxidation sites excluding steroid dienone is 1. The first kappa shape index (κ1) is 18.6. The molecule has 5 heteroatoms. The number of ketones is 1. The van der Waals surface area contributed by atoms with Crippen LogP contribution >= 0.6 is 0 Å². The number of hydrogen-bond donors (Lipinski definition) is 0. The van der Waals surface area contributed by atoms with Crippen molar-refractivity contribution in [3.8, 4) is 11.5 Å². The SMILES string of the molecule is Cc1ccc(/C=C2\Oc3c4c(cc(C)c3C2=O)OCN(Cc2ccccn2)C4)cc1. The quantitative estimate of drug-likeness (QED) is 0.600. The van der Waals surface area contributed by atoms with Crippen molar-refractivity contribution in [2.45, 2.75) is 26.9 Å². The molecule has 2 aliphatic rings. The molecule has 3 aromatic rings. The third-order valence-corrected chi connectivity index (χ3v) is 5.47. The average Bonchev–Trinajstić information content (AvgIpc) is 3.08. The zero-order valence-corrected chi connectivity index (χ0v) is 17.0. The molecule has 0 spiro atoms. The number of hydrogen-bond acceptors (Lipinski definition) is 5. The van der Waals surface area contributed by atoms with Gasteiger partial charge in [-0.1, -0.05) is 35.9 Å². The summed E-state index contributed by atoms with van der Waals surface area (Å²) in [6.45, 7) is 5.75. The van der Waals surface area contributed by atoms with E-state index in [2.05, 4.69) is 9.88 Å². The highest BCUT2D eigenvalue weighted by Gasteiger charge is 2.35. The molecule has 5 rings (SSSR count). The van der Waals surface area contributed by atoms with Crippen LogP contribution in [0.1, 0.15) is 38.3 Å². The van der Waals surface area contributed by atoms with Gasteiger partial charge in [0.05, 0.1) is 16.8 Å². The second kappa shape index (κ2) is 7.43. The Kier molecular flexibility index (Phi) is 4.60. The molecule has 0 fully saturated rings. The van der Waals surface area contributed by atoms with Crippen LogP contribution in [0.3, 0.4) is 0 Å². The minimum absolute atomic E-state index is 0.0762. The maximum Gasteiger partial charge on any atom is 0.232 e. The van der Waals surface area contributed by atoms with Crippen LogP contribution in [-0.2, 0) is 13.1 Å². The van der Waals surface area contributed by atoms with Gasteiger partial charge in [0.15, 0.2) is 5.76 Å². The van der Waals surface area contributed by atoms with E-state index in [-0.39, 0.29) is 5.78 Å². The molecule has 0 radical (unpaired) electrons. The molecule has 0 saturated heterocycles. The Balaban J connectivity index is 1.47. The summed E-state index contributed by atoms with van der Waals surface area (Å²) >= 11 is 0. The molecule has 150 valence electrons. The maximum atomic E-state index is 13.1. The third kappa shape index (κ3) is 3.37. The first-order valence-electron chi connectivity index (χ1n) is 10.0. The third-order valence-electron chi connectivity index (χ3n) is 5.47. The van der Waals surface area contributed by atoms with E-state index in [1.54, 1.807) is 6.20 Å². The van der Waals surface area contributed by atoms with E-state index in [4.69, 9.17) is 9.47 Å². The fraction of sp³-hybridized carbons (Fsp3) is 0.200. The summed E-state index contributed by atoms with van der Waals surface area (Å²) < 4.78 is 12.1. The average molecular weight is 398 g/mol. The molecular formula is C25H22N2O3. The van der Waals surface area contributed by atoms with Crippen LogP contribution in [0.5, 0.6) is 11.5 Å². The summed E-state index contributed by atoms with van der Waals surface area (Å²) in [5, 5.41) is 0. The second-order valence-electron chi connectivity index (χ2n) is 7.81. The van der Waals surface area contributed by atoms with Crippen LogP contribution in [0, 0.1) is 13.8 Å². The number of carbonyl (C=O) groups excluding carboxylic acids is 1. The van der Waals surface area contributed by atoms with Crippen molar-refractivity contribution in [1.29, 1.82) is 0 Å². The monoisotopic (exact) mass is 398 g/mol. The summed E-state index contributed by atoms with van der Waals surface area (Å²) in [6, 6.07) is 15.9. The second-order valence-corrected chi connectivity index (χ2v) is 7.81. The first-order valence-corrected chi connectivity index (χ1v) is 10.0. The number of benzene rings is 2. The number of pyridine rings is 1. The van der Waals surface area contributed by atoms with E-state index in [1.165, 1.54) is 5.56 Å². The number of nitrogens with zero attached hydrogens (tertiary/aromatic N) is 2. The molecule has 2 aromatic carbocycles. The Morgan fingerprint density at radius 2 is 1.97 bits per heavy atom. The molecule has 0 aliphatic carbocycles. The molecule has 30 heavy (non-hydrogen) atoms. The van der Waals surface area contributed by atoms with E-state index in [0.29, 0.717) is 36.9 Å². The number of carbonyl (C=O) groups is 1. The number of aromatic nitrogens is 1. The lowest BCUT2D eigenvalue weighted by Gasteiger charge is -2.29. The predicted molar refractivity (Wildman–Crippen MR) is 114 cm³/mol. The van der Waals surface area contributed by atoms with Gasteiger partial charge in [0.25, 0.3) is 0 Å². The summed E-state index contributed by atoms with van der Waals surface area (Å²) in [5.41, 5.74) is 5.52. The lowest BCUT2D eigenvalue weighted by Crippen LogP contribution is -2.32. The van der Waals surface area contributed by atoms with Crippen molar-refractivity contribution in [2.24, 2.45) is 0 Å². The molecule has 5 nitrogen and oxygen atoms in total. The van der Waals surface area contributed by atoms with Gasteiger partial charge in [0.1, 0.15) is 18.2 Å². The molecule has 2 aliphatic heterocycles. The zero-order chi connectivity index (χ0) is 20.7. The number of aryl methyl sites for hydroxylation is 2. The lowest BCUT2D eigenvalue weighted by atomic mass is 9.98. The summed E-state index contributed by atoms with van der Waals surface area (Å²) in [5.74, 6) is 1.69. The zero-order valence-electron chi connectivity index (χ0n) is 17.0. The summed E-state index contributed by atoms with van der Waals surface area (Å²) in [4.78, 5) is 19.6. The molecule has 0 N–H and O–H groups in total. The Hall–Kier alpha value is -3.44. The van der Waals surface area contributed by atoms with Gasteiger partial charge in [0.2, 0.25) is 5.78 Å². The van der Waals surface area contributed by atoms with Crippen molar-refractivity contribution in [2.75, 3.05) is 6.73 Å². The number of fused-ring (bicyclic) bond motifs is 3. The van der Waals surface area contributed by atoms with Gasteiger partial charge in [0, 0.05) is 19.3 Å². The highest BCUT2D eigenvalue weighted by Crippen LogP contribution is 2.44. The van der Waals surface area contributed by atoms with Crippen LogP contribution in [0.25, 0.3) is 6.08 Å². The van der Waals surface area contributed by atoms with Gasteiger partial charge in [-0.25, -0.2) is 0 Å².